The van der Waals surface area contributed by atoms with E-state index in [0.717, 1.165) is 24.1 Å². The average molecular weight is 308 g/mol. The first-order valence-electron chi connectivity index (χ1n) is 7.69. The van der Waals surface area contributed by atoms with Gasteiger partial charge >= 0.3 is 0 Å². The summed E-state index contributed by atoms with van der Waals surface area (Å²) in [6.45, 7) is 2.07. The molecule has 1 aromatic rings. The molecule has 1 saturated heterocycles. The third-order valence-corrected chi connectivity index (χ3v) is 5.31. The highest BCUT2D eigenvalue weighted by Crippen LogP contribution is 2.37. The number of likely N-dealkylation sites (tertiary alicyclic amines) is 1. The zero-order valence-electron chi connectivity index (χ0n) is 12.1. The molecule has 2 aliphatic rings. The summed E-state index contributed by atoms with van der Waals surface area (Å²) < 4.78 is 0. The van der Waals surface area contributed by atoms with E-state index in [1.54, 1.807) is 6.07 Å². The largest absolute Gasteiger partial charge is 0.409 e. The minimum Gasteiger partial charge on any atom is -0.409 e. The molecule has 0 amide bonds. The van der Waals surface area contributed by atoms with Crippen molar-refractivity contribution < 1.29 is 5.21 Å². The Hall–Kier alpha value is -1.26. The van der Waals surface area contributed by atoms with Crippen molar-refractivity contribution in [1.29, 1.82) is 0 Å². The van der Waals surface area contributed by atoms with Gasteiger partial charge in [-0.3, -0.25) is 4.90 Å². The second kappa shape index (κ2) is 6.24. The van der Waals surface area contributed by atoms with E-state index in [1.165, 1.54) is 38.6 Å². The maximum absolute atomic E-state index is 8.72. The lowest BCUT2D eigenvalue weighted by Gasteiger charge is -2.32. The normalized spacial score (nSPS) is 26.8. The fraction of sp³-hybridized carbons (Fsp3) is 0.562. The van der Waals surface area contributed by atoms with E-state index in [9.17, 15) is 0 Å². The molecule has 1 saturated carbocycles. The van der Waals surface area contributed by atoms with E-state index in [0.29, 0.717) is 10.6 Å². The fourth-order valence-electron chi connectivity index (χ4n) is 3.81. The van der Waals surface area contributed by atoms with Crippen molar-refractivity contribution in [3.8, 4) is 0 Å². The van der Waals surface area contributed by atoms with Crippen LogP contribution in [0.15, 0.2) is 23.4 Å². The fourth-order valence-corrected chi connectivity index (χ4v) is 4.05. The first-order valence-corrected chi connectivity index (χ1v) is 8.07. The molecule has 2 unspecified atom stereocenters. The lowest BCUT2D eigenvalue weighted by atomic mass is 9.85. The summed E-state index contributed by atoms with van der Waals surface area (Å²) in [4.78, 5) is 2.58. The van der Waals surface area contributed by atoms with Gasteiger partial charge in [0.05, 0.1) is 0 Å². The number of nitrogens with zero attached hydrogens (tertiary/aromatic N) is 2. The van der Waals surface area contributed by atoms with Crippen LogP contribution in [-0.4, -0.2) is 28.5 Å². The van der Waals surface area contributed by atoms with Crippen LogP contribution < -0.4 is 5.73 Å². The Morgan fingerprint density at radius 2 is 2.14 bits per heavy atom. The van der Waals surface area contributed by atoms with Crippen LogP contribution in [0.25, 0.3) is 0 Å². The van der Waals surface area contributed by atoms with Gasteiger partial charge in [0.1, 0.15) is 0 Å². The van der Waals surface area contributed by atoms with Crippen molar-refractivity contribution >= 4 is 17.4 Å². The van der Waals surface area contributed by atoms with Crippen LogP contribution in [0.3, 0.4) is 0 Å². The lowest BCUT2D eigenvalue weighted by molar-refractivity contribution is 0.176. The molecule has 2 fully saturated rings. The van der Waals surface area contributed by atoms with Crippen LogP contribution in [0.4, 0.5) is 0 Å². The minimum atomic E-state index is 0.0944. The van der Waals surface area contributed by atoms with Gasteiger partial charge in [0, 0.05) is 23.2 Å². The zero-order chi connectivity index (χ0) is 14.8. The smallest absolute Gasteiger partial charge is 0.170 e. The summed E-state index contributed by atoms with van der Waals surface area (Å²) in [5.41, 5.74) is 7.37. The molecule has 1 aromatic carbocycles. The summed E-state index contributed by atoms with van der Waals surface area (Å²) in [7, 11) is 0. The first kappa shape index (κ1) is 14.7. The highest BCUT2D eigenvalue weighted by molar-refractivity contribution is 6.31. The summed E-state index contributed by atoms with van der Waals surface area (Å²) in [6, 6.07) is 6.37. The minimum absolute atomic E-state index is 0.0944. The molecule has 21 heavy (non-hydrogen) atoms. The molecule has 3 N–H and O–H groups in total. The van der Waals surface area contributed by atoms with E-state index in [4.69, 9.17) is 22.5 Å². The number of amidine groups is 1. The Kier molecular flexibility index (Phi) is 4.36. The van der Waals surface area contributed by atoms with Gasteiger partial charge in [0.15, 0.2) is 5.84 Å². The second-order valence-electron chi connectivity index (χ2n) is 6.16. The number of rotatable bonds is 3. The van der Waals surface area contributed by atoms with Crippen LogP contribution in [0, 0.1) is 5.92 Å². The molecule has 0 aromatic heterocycles. The Labute approximate surface area is 130 Å². The topological polar surface area (TPSA) is 61.9 Å². The summed E-state index contributed by atoms with van der Waals surface area (Å²) >= 11 is 6.37. The number of hydrogen-bond acceptors (Lipinski definition) is 3. The van der Waals surface area contributed by atoms with Gasteiger partial charge in [-0.2, -0.15) is 0 Å². The number of halogens is 1. The Bertz CT molecular complexity index is 546. The van der Waals surface area contributed by atoms with Gasteiger partial charge < -0.3 is 10.9 Å². The molecule has 1 aliphatic heterocycles. The molecule has 0 bridgehead atoms. The molecule has 1 aliphatic carbocycles. The van der Waals surface area contributed by atoms with Crippen molar-refractivity contribution in [3.05, 3.63) is 34.3 Å². The zero-order valence-corrected chi connectivity index (χ0v) is 12.9. The molecule has 5 heteroatoms. The number of hydrogen-bond donors (Lipinski definition) is 2. The highest BCUT2D eigenvalue weighted by Gasteiger charge is 2.35. The Balaban J connectivity index is 1.73. The number of benzene rings is 1. The second-order valence-corrected chi connectivity index (χ2v) is 6.57. The van der Waals surface area contributed by atoms with Crippen LogP contribution in [-0.2, 0) is 6.54 Å². The Morgan fingerprint density at radius 1 is 1.33 bits per heavy atom. The number of nitrogens with two attached hydrogens (primary N) is 1. The van der Waals surface area contributed by atoms with Crippen LogP contribution in [0.2, 0.25) is 5.02 Å². The average Bonchev–Trinajstić information content (AvgIpc) is 2.92. The molecule has 4 nitrogen and oxygen atoms in total. The standard InChI is InChI=1S/C16H22ClN3O/c17-14-9-12(16(18)19-21)5-6-13(14)10-20-8-7-11-3-1-2-4-15(11)20/h5-6,9,11,15,21H,1-4,7-8,10H2,(H2,18,19). The molecule has 0 radical (unpaired) electrons. The van der Waals surface area contributed by atoms with Crippen LogP contribution in [0.1, 0.15) is 43.2 Å². The van der Waals surface area contributed by atoms with E-state index < -0.39 is 0 Å². The van der Waals surface area contributed by atoms with Gasteiger partial charge in [0.25, 0.3) is 0 Å². The van der Waals surface area contributed by atoms with Gasteiger partial charge in [-0.15, -0.1) is 0 Å². The number of fused-ring (bicyclic) bond motifs is 1. The van der Waals surface area contributed by atoms with Crippen molar-refractivity contribution in [2.75, 3.05) is 6.54 Å². The van der Waals surface area contributed by atoms with Gasteiger partial charge in [-0.25, -0.2) is 0 Å². The predicted octanol–water partition coefficient (Wildman–Crippen LogP) is 3.20. The van der Waals surface area contributed by atoms with Crippen LogP contribution >= 0.6 is 11.6 Å². The van der Waals surface area contributed by atoms with E-state index in [2.05, 4.69) is 10.1 Å². The van der Waals surface area contributed by atoms with Gasteiger partial charge in [0.2, 0.25) is 0 Å². The molecular weight excluding hydrogens is 286 g/mol. The van der Waals surface area contributed by atoms with Gasteiger partial charge in [-0.05, 0) is 43.4 Å². The molecule has 2 atom stereocenters. The van der Waals surface area contributed by atoms with Crippen molar-refractivity contribution in [1.82, 2.24) is 4.90 Å². The lowest BCUT2D eigenvalue weighted by Crippen LogP contribution is -2.34. The number of oxime groups is 1. The maximum Gasteiger partial charge on any atom is 0.170 e. The Morgan fingerprint density at radius 3 is 2.90 bits per heavy atom. The highest BCUT2D eigenvalue weighted by atomic mass is 35.5. The summed E-state index contributed by atoms with van der Waals surface area (Å²) in [5, 5.41) is 12.4. The van der Waals surface area contributed by atoms with E-state index >= 15 is 0 Å². The molecule has 1 heterocycles. The first-order chi connectivity index (χ1) is 10.2. The van der Waals surface area contributed by atoms with Crippen molar-refractivity contribution in [3.63, 3.8) is 0 Å². The van der Waals surface area contributed by atoms with Crippen LogP contribution in [0.5, 0.6) is 0 Å². The van der Waals surface area contributed by atoms with Crippen molar-refractivity contribution in [2.45, 2.75) is 44.7 Å². The quantitative estimate of drug-likeness (QED) is 0.390. The monoisotopic (exact) mass is 307 g/mol. The third-order valence-electron chi connectivity index (χ3n) is 4.96. The van der Waals surface area contributed by atoms with Crippen molar-refractivity contribution in [2.24, 2.45) is 16.8 Å². The van der Waals surface area contributed by atoms with Gasteiger partial charge in [-0.1, -0.05) is 41.7 Å². The SMILES string of the molecule is N/C(=N/O)c1ccc(CN2CCC3CCCCC32)c(Cl)c1. The molecule has 3 rings (SSSR count). The summed E-state index contributed by atoms with van der Waals surface area (Å²) in [6.07, 6.45) is 6.78. The van der Waals surface area contributed by atoms with E-state index in [-0.39, 0.29) is 5.84 Å². The molecule has 0 spiro atoms. The third kappa shape index (κ3) is 3.01. The molecular formula is C16H22ClN3O. The molecule has 114 valence electrons. The maximum atomic E-state index is 8.72. The van der Waals surface area contributed by atoms with E-state index in [1.807, 2.05) is 12.1 Å². The predicted molar refractivity (Wildman–Crippen MR) is 84.7 cm³/mol. The summed E-state index contributed by atoms with van der Waals surface area (Å²) in [5.74, 6) is 0.978.